The Kier molecular flexibility index (Phi) is 2.73. The van der Waals surface area contributed by atoms with Crippen LogP contribution >= 0.6 is 0 Å². The van der Waals surface area contributed by atoms with Gasteiger partial charge in [-0.25, -0.2) is 4.98 Å². The molecular weight excluding hydrogens is 247 g/mol. The minimum absolute atomic E-state index is 0.321. The monoisotopic (exact) mass is 259 g/mol. The van der Waals surface area contributed by atoms with Crippen LogP contribution in [0.25, 0.3) is 11.0 Å². The molecule has 0 amide bonds. The highest BCUT2D eigenvalue weighted by molar-refractivity contribution is 5.77. The van der Waals surface area contributed by atoms with E-state index in [2.05, 4.69) is 9.97 Å². The molecule has 0 fully saturated rings. The van der Waals surface area contributed by atoms with E-state index in [0.29, 0.717) is 16.8 Å². The fourth-order valence-electron chi connectivity index (χ4n) is 1.50. The molecule has 0 spiro atoms. The molecule has 1 aromatic carbocycles. The molecule has 2 aromatic rings. The first-order chi connectivity index (χ1) is 8.25. The highest BCUT2D eigenvalue weighted by Crippen LogP contribution is 2.35. The molecular formula is C11H12F3N3O. The van der Waals surface area contributed by atoms with Crippen molar-refractivity contribution in [1.82, 2.24) is 9.97 Å². The normalized spacial score (nSPS) is 15.7. The zero-order valence-corrected chi connectivity index (χ0v) is 9.80. The number of aromatic nitrogens is 2. The summed E-state index contributed by atoms with van der Waals surface area (Å²) in [4.78, 5) is 6.45. The summed E-state index contributed by atoms with van der Waals surface area (Å²) >= 11 is 0. The lowest BCUT2D eigenvalue weighted by Crippen LogP contribution is -2.48. The van der Waals surface area contributed by atoms with Gasteiger partial charge < -0.3 is 15.5 Å². The lowest BCUT2D eigenvalue weighted by Gasteiger charge is -2.24. The van der Waals surface area contributed by atoms with Crippen LogP contribution in [0.1, 0.15) is 12.7 Å². The van der Waals surface area contributed by atoms with Crippen molar-refractivity contribution >= 4 is 11.0 Å². The zero-order chi connectivity index (χ0) is 13.6. The van der Waals surface area contributed by atoms with Crippen LogP contribution in [0.2, 0.25) is 0 Å². The van der Waals surface area contributed by atoms with Crippen molar-refractivity contribution in [3.05, 3.63) is 24.0 Å². The summed E-state index contributed by atoms with van der Waals surface area (Å²) in [5, 5.41) is 0. The fourth-order valence-corrected chi connectivity index (χ4v) is 1.50. The fraction of sp³-hybridized carbons (Fsp3) is 0.364. The van der Waals surface area contributed by atoms with E-state index in [1.165, 1.54) is 7.11 Å². The summed E-state index contributed by atoms with van der Waals surface area (Å²) in [5.74, 6) is 0.210. The maximum absolute atomic E-state index is 12.8. The van der Waals surface area contributed by atoms with Crippen molar-refractivity contribution in [3.63, 3.8) is 0 Å². The van der Waals surface area contributed by atoms with Gasteiger partial charge in [-0.05, 0) is 19.1 Å². The van der Waals surface area contributed by atoms with E-state index >= 15 is 0 Å². The highest BCUT2D eigenvalue weighted by atomic mass is 19.4. The number of aromatic amines is 1. The summed E-state index contributed by atoms with van der Waals surface area (Å²) in [6, 6.07) is 4.76. The van der Waals surface area contributed by atoms with E-state index in [9.17, 15) is 13.2 Å². The summed E-state index contributed by atoms with van der Waals surface area (Å²) in [6.45, 7) is 0.877. The van der Waals surface area contributed by atoms with Gasteiger partial charge in [0.25, 0.3) is 0 Å². The number of halogens is 3. The van der Waals surface area contributed by atoms with E-state index in [0.717, 1.165) is 6.92 Å². The second-order valence-corrected chi connectivity index (χ2v) is 4.17. The lowest BCUT2D eigenvalue weighted by molar-refractivity contribution is -0.186. The molecule has 0 radical (unpaired) electrons. The van der Waals surface area contributed by atoms with Crippen molar-refractivity contribution in [2.45, 2.75) is 18.6 Å². The Bertz CT molecular complexity index is 574. The van der Waals surface area contributed by atoms with Gasteiger partial charge in [-0.3, -0.25) is 0 Å². The van der Waals surface area contributed by atoms with Gasteiger partial charge in [0.2, 0.25) is 0 Å². The average Bonchev–Trinajstić information content (AvgIpc) is 2.70. The largest absolute Gasteiger partial charge is 0.497 e. The summed E-state index contributed by atoms with van der Waals surface area (Å²) < 4.78 is 43.3. The average molecular weight is 259 g/mol. The third-order valence-electron chi connectivity index (χ3n) is 2.77. The molecule has 1 aromatic heterocycles. The van der Waals surface area contributed by atoms with E-state index < -0.39 is 11.7 Å². The Morgan fingerprint density at radius 2 is 2.00 bits per heavy atom. The van der Waals surface area contributed by atoms with Crippen LogP contribution in [0.4, 0.5) is 13.2 Å². The van der Waals surface area contributed by atoms with Crippen LogP contribution in [0.3, 0.4) is 0 Å². The van der Waals surface area contributed by atoms with Crippen LogP contribution in [-0.4, -0.2) is 23.3 Å². The van der Waals surface area contributed by atoms with E-state index in [-0.39, 0.29) is 5.82 Å². The van der Waals surface area contributed by atoms with Gasteiger partial charge in [0.15, 0.2) is 5.54 Å². The number of hydrogen-bond donors (Lipinski definition) is 2. The summed E-state index contributed by atoms with van der Waals surface area (Å²) in [6.07, 6.45) is -4.58. The molecule has 7 heteroatoms. The number of H-pyrrole nitrogens is 1. The minimum atomic E-state index is -4.58. The molecule has 0 aliphatic rings. The summed E-state index contributed by atoms with van der Waals surface area (Å²) in [7, 11) is 1.47. The molecule has 98 valence electrons. The zero-order valence-electron chi connectivity index (χ0n) is 9.80. The van der Waals surface area contributed by atoms with Crippen molar-refractivity contribution < 1.29 is 17.9 Å². The first kappa shape index (κ1) is 12.7. The maximum atomic E-state index is 12.8. The minimum Gasteiger partial charge on any atom is -0.497 e. The molecule has 4 nitrogen and oxygen atoms in total. The molecule has 3 N–H and O–H groups in total. The van der Waals surface area contributed by atoms with Crippen LogP contribution in [0, 0.1) is 0 Å². The SMILES string of the molecule is COc1ccc2nc(C(C)(N)C(F)(F)F)[nH]c2c1. The van der Waals surface area contributed by atoms with E-state index in [1.54, 1.807) is 18.2 Å². The van der Waals surface area contributed by atoms with E-state index in [1.807, 2.05) is 0 Å². The third-order valence-corrected chi connectivity index (χ3v) is 2.77. The number of methoxy groups -OCH3 is 1. The van der Waals surface area contributed by atoms with Crippen molar-refractivity contribution in [1.29, 1.82) is 0 Å². The molecule has 0 aliphatic heterocycles. The number of rotatable bonds is 2. The van der Waals surface area contributed by atoms with Gasteiger partial charge in [-0.1, -0.05) is 0 Å². The van der Waals surface area contributed by atoms with E-state index in [4.69, 9.17) is 10.5 Å². The van der Waals surface area contributed by atoms with Gasteiger partial charge in [-0.2, -0.15) is 13.2 Å². The molecule has 1 atom stereocenters. The van der Waals surface area contributed by atoms with Crippen molar-refractivity contribution in [2.24, 2.45) is 5.73 Å². The number of benzene rings is 1. The number of nitrogens with one attached hydrogen (secondary N) is 1. The first-order valence-corrected chi connectivity index (χ1v) is 5.15. The Morgan fingerprint density at radius 3 is 2.56 bits per heavy atom. The van der Waals surface area contributed by atoms with Crippen LogP contribution in [-0.2, 0) is 5.54 Å². The smallest absolute Gasteiger partial charge is 0.413 e. The van der Waals surface area contributed by atoms with Gasteiger partial charge in [0.1, 0.15) is 11.6 Å². The molecule has 0 bridgehead atoms. The lowest BCUT2D eigenvalue weighted by atomic mass is 10.0. The number of ether oxygens (including phenoxy) is 1. The van der Waals surface area contributed by atoms with Gasteiger partial charge >= 0.3 is 6.18 Å². The number of nitrogens with two attached hydrogens (primary N) is 1. The highest BCUT2D eigenvalue weighted by Gasteiger charge is 2.51. The molecule has 1 heterocycles. The standard InChI is InChI=1S/C11H12F3N3O/c1-10(15,11(12,13)14)9-16-7-4-3-6(18-2)5-8(7)17-9/h3-5H,15H2,1-2H3,(H,16,17). The molecule has 0 aliphatic carbocycles. The Morgan fingerprint density at radius 1 is 1.33 bits per heavy atom. The second kappa shape index (κ2) is 3.88. The quantitative estimate of drug-likeness (QED) is 0.869. The Hall–Kier alpha value is -1.76. The predicted molar refractivity (Wildman–Crippen MR) is 60.2 cm³/mol. The van der Waals surface area contributed by atoms with Crippen molar-refractivity contribution in [3.8, 4) is 5.75 Å². The van der Waals surface area contributed by atoms with Gasteiger partial charge in [0, 0.05) is 6.07 Å². The Labute approximate surface area is 101 Å². The Balaban J connectivity index is 2.54. The van der Waals surface area contributed by atoms with Crippen LogP contribution in [0.5, 0.6) is 5.75 Å². The molecule has 18 heavy (non-hydrogen) atoms. The number of hydrogen-bond acceptors (Lipinski definition) is 3. The number of nitrogens with zero attached hydrogens (tertiary/aromatic N) is 1. The van der Waals surface area contributed by atoms with Crippen molar-refractivity contribution in [2.75, 3.05) is 7.11 Å². The molecule has 2 rings (SSSR count). The van der Waals surface area contributed by atoms with Crippen LogP contribution < -0.4 is 10.5 Å². The van der Waals surface area contributed by atoms with Crippen LogP contribution in [0.15, 0.2) is 18.2 Å². The summed E-state index contributed by atoms with van der Waals surface area (Å²) in [5.41, 5.74) is 3.64. The van der Waals surface area contributed by atoms with Gasteiger partial charge in [-0.15, -0.1) is 0 Å². The third kappa shape index (κ3) is 1.90. The number of fused-ring (bicyclic) bond motifs is 1. The molecule has 0 saturated heterocycles. The first-order valence-electron chi connectivity index (χ1n) is 5.15. The predicted octanol–water partition coefficient (Wildman–Crippen LogP) is 2.31. The second-order valence-electron chi connectivity index (χ2n) is 4.17. The molecule has 0 saturated carbocycles. The van der Waals surface area contributed by atoms with Gasteiger partial charge in [0.05, 0.1) is 18.1 Å². The topological polar surface area (TPSA) is 63.9 Å². The molecule has 1 unspecified atom stereocenters. The number of alkyl halides is 3. The number of imidazole rings is 1. The maximum Gasteiger partial charge on any atom is 0.413 e.